The molecule has 1 heterocycles. The van der Waals surface area contributed by atoms with Gasteiger partial charge in [-0.3, -0.25) is 0 Å². The number of benzene rings is 1. The Kier molecular flexibility index (Phi) is 3.93. The van der Waals surface area contributed by atoms with Gasteiger partial charge in [-0.2, -0.15) is 0 Å². The second-order valence-electron chi connectivity index (χ2n) is 5.67. The van der Waals surface area contributed by atoms with Crippen molar-refractivity contribution in [3.05, 3.63) is 29.8 Å². The molecule has 1 atom stereocenters. The van der Waals surface area contributed by atoms with Gasteiger partial charge in [-0.15, -0.1) is 0 Å². The highest BCUT2D eigenvalue weighted by Gasteiger charge is 2.35. The van der Waals surface area contributed by atoms with E-state index in [-0.39, 0.29) is 18.2 Å². The van der Waals surface area contributed by atoms with Crippen molar-refractivity contribution in [2.24, 2.45) is 0 Å². The van der Waals surface area contributed by atoms with Gasteiger partial charge >= 0.3 is 0 Å². The normalized spacial score (nSPS) is 23.1. The average molecular weight is 248 g/mol. The van der Waals surface area contributed by atoms with Crippen molar-refractivity contribution >= 4 is 5.69 Å². The molecule has 1 aliphatic rings. The number of hydrogen-bond acceptors (Lipinski definition) is 3. The molecule has 2 rings (SSSR count). The van der Waals surface area contributed by atoms with Gasteiger partial charge in [0.1, 0.15) is 0 Å². The fourth-order valence-electron chi connectivity index (χ4n) is 2.81. The smallest absolute Gasteiger partial charge is 0.0651 e. The van der Waals surface area contributed by atoms with Crippen LogP contribution in [0.1, 0.15) is 26.3 Å². The van der Waals surface area contributed by atoms with Crippen molar-refractivity contribution in [1.29, 1.82) is 0 Å². The van der Waals surface area contributed by atoms with Crippen LogP contribution in [0.3, 0.4) is 0 Å². The summed E-state index contributed by atoms with van der Waals surface area (Å²) in [5, 5.41) is 13.0. The number of hydrogen-bond donors (Lipinski definition) is 2. The molecule has 2 N–H and O–H groups in total. The maximum Gasteiger partial charge on any atom is 0.0651 e. The van der Waals surface area contributed by atoms with E-state index >= 15 is 0 Å². The molecule has 0 radical (unpaired) electrons. The van der Waals surface area contributed by atoms with Crippen LogP contribution in [0.15, 0.2) is 24.3 Å². The molecule has 1 fully saturated rings. The molecule has 1 saturated heterocycles. The molecule has 1 aliphatic heterocycles. The molecule has 0 aromatic heterocycles. The molecule has 0 saturated carbocycles. The Morgan fingerprint density at radius 2 is 2.00 bits per heavy atom. The van der Waals surface area contributed by atoms with Crippen LogP contribution in [0.5, 0.6) is 0 Å². The molecule has 0 amide bonds. The van der Waals surface area contributed by atoms with E-state index in [1.54, 1.807) is 0 Å². The van der Waals surface area contributed by atoms with Gasteiger partial charge < -0.3 is 15.3 Å². The topological polar surface area (TPSA) is 35.5 Å². The van der Waals surface area contributed by atoms with E-state index in [4.69, 9.17) is 0 Å². The van der Waals surface area contributed by atoms with Crippen molar-refractivity contribution in [1.82, 2.24) is 5.32 Å². The summed E-state index contributed by atoms with van der Waals surface area (Å²) in [6, 6.07) is 8.87. The van der Waals surface area contributed by atoms with Gasteiger partial charge in [0.15, 0.2) is 0 Å². The zero-order valence-electron chi connectivity index (χ0n) is 11.6. The highest BCUT2D eigenvalue weighted by Crippen LogP contribution is 2.28. The number of aliphatic hydroxyl groups excluding tert-OH is 1. The maximum absolute atomic E-state index is 9.57. The van der Waals surface area contributed by atoms with Gasteiger partial charge in [0.25, 0.3) is 0 Å². The Labute approximate surface area is 110 Å². The maximum atomic E-state index is 9.57. The van der Waals surface area contributed by atoms with Gasteiger partial charge in [0.05, 0.1) is 12.6 Å². The molecule has 0 spiro atoms. The number of aliphatic hydroxyl groups is 1. The van der Waals surface area contributed by atoms with Crippen LogP contribution in [-0.4, -0.2) is 36.4 Å². The van der Waals surface area contributed by atoms with Crippen LogP contribution in [-0.2, 0) is 6.42 Å². The molecular weight excluding hydrogens is 224 g/mol. The molecule has 3 heteroatoms. The molecule has 1 aromatic rings. The van der Waals surface area contributed by atoms with Crippen molar-refractivity contribution in [3.63, 3.8) is 0 Å². The second kappa shape index (κ2) is 5.29. The van der Waals surface area contributed by atoms with E-state index in [0.29, 0.717) is 0 Å². The van der Waals surface area contributed by atoms with Crippen molar-refractivity contribution in [2.75, 3.05) is 24.6 Å². The van der Waals surface area contributed by atoms with Crippen molar-refractivity contribution < 1.29 is 5.11 Å². The Bertz CT molecular complexity index is 386. The minimum absolute atomic E-state index is 0.0272. The molecule has 1 unspecified atom stereocenters. The van der Waals surface area contributed by atoms with Crippen LogP contribution in [0.4, 0.5) is 5.69 Å². The SMILES string of the molecule is CCc1ccc(N2C(CO)CNCC2(C)C)cc1. The quantitative estimate of drug-likeness (QED) is 0.856. The fraction of sp³-hybridized carbons (Fsp3) is 0.600. The third-order valence-corrected chi connectivity index (χ3v) is 3.79. The number of rotatable bonds is 3. The highest BCUT2D eigenvalue weighted by atomic mass is 16.3. The van der Waals surface area contributed by atoms with Gasteiger partial charge in [-0.1, -0.05) is 19.1 Å². The zero-order valence-corrected chi connectivity index (χ0v) is 11.6. The summed E-state index contributed by atoms with van der Waals surface area (Å²) in [4.78, 5) is 2.35. The van der Waals surface area contributed by atoms with Crippen LogP contribution < -0.4 is 10.2 Å². The highest BCUT2D eigenvalue weighted by molar-refractivity contribution is 5.52. The molecule has 18 heavy (non-hydrogen) atoms. The van der Waals surface area contributed by atoms with E-state index in [1.165, 1.54) is 11.3 Å². The first-order chi connectivity index (χ1) is 8.58. The monoisotopic (exact) mass is 248 g/mol. The summed E-state index contributed by atoms with van der Waals surface area (Å²) in [6.07, 6.45) is 1.06. The first-order valence-corrected chi connectivity index (χ1v) is 6.78. The predicted octanol–water partition coefficient (Wildman–Crippen LogP) is 1.80. The van der Waals surface area contributed by atoms with Gasteiger partial charge in [-0.05, 0) is 38.0 Å². The first-order valence-electron chi connectivity index (χ1n) is 6.78. The lowest BCUT2D eigenvalue weighted by molar-refractivity contribution is 0.212. The summed E-state index contributed by atoms with van der Waals surface area (Å²) in [5.74, 6) is 0. The summed E-state index contributed by atoms with van der Waals surface area (Å²) in [7, 11) is 0. The van der Waals surface area contributed by atoms with Gasteiger partial charge in [0, 0.05) is 24.3 Å². The molecule has 3 nitrogen and oxygen atoms in total. The largest absolute Gasteiger partial charge is 0.394 e. The number of aryl methyl sites for hydroxylation is 1. The summed E-state index contributed by atoms with van der Waals surface area (Å²) < 4.78 is 0. The van der Waals surface area contributed by atoms with Crippen LogP contribution in [0.25, 0.3) is 0 Å². The van der Waals surface area contributed by atoms with E-state index in [2.05, 4.69) is 55.3 Å². The van der Waals surface area contributed by atoms with Crippen molar-refractivity contribution in [2.45, 2.75) is 38.8 Å². The van der Waals surface area contributed by atoms with E-state index in [9.17, 15) is 5.11 Å². The van der Waals surface area contributed by atoms with Crippen LogP contribution in [0, 0.1) is 0 Å². The lowest BCUT2D eigenvalue weighted by Gasteiger charge is -2.49. The third kappa shape index (κ3) is 2.52. The zero-order chi connectivity index (χ0) is 13.2. The average Bonchev–Trinajstić information content (AvgIpc) is 2.37. The standard InChI is InChI=1S/C15H24N2O/c1-4-12-5-7-13(8-6-12)17-14(10-18)9-16-11-15(17,2)3/h5-8,14,16,18H,4,9-11H2,1-3H3. The lowest BCUT2D eigenvalue weighted by atomic mass is 9.95. The fourth-order valence-corrected chi connectivity index (χ4v) is 2.81. The van der Waals surface area contributed by atoms with E-state index in [1.807, 2.05) is 0 Å². The molecule has 0 aliphatic carbocycles. The van der Waals surface area contributed by atoms with E-state index < -0.39 is 0 Å². The third-order valence-electron chi connectivity index (χ3n) is 3.79. The number of anilines is 1. The Morgan fingerprint density at radius 1 is 1.33 bits per heavy atom. The first kappa shape index (κ1) is 13.4. The predicted molar refractivity (Wildman–Crippen MR) is 76.1 cm³/mol. The number of nitrogens with one attached hydrogen (secondary N) is 1. The Balaban J connectivity index is 2.30. The Morgan fingerprint density at radius 3 is 2.56 bits per heavy atom. The molecule has 1 aromatic carbocycles. The summed E-state index contributed by atoms with van der Waals surface area (Å²) in [5.41, 5.74) is 2.59. The number of piperazine rings is 1. The van der Waals surface area contributed by atoms with Gasteiger partial charge in [-0.25, -0.2) is 0 Å². The second-order valence-corrected chi connectivity index (χ2v) is 5.67. The minimum atomic E-state index is 0.0272. The Hall–Kier alpha value is -1.06. The molecule has 100 valence electrons. The van der Waals surface area contributed by atoms with Gasteiger partial charge in [0.2, 0.25) is 0 Å². The molecule has 0 bridgehead atoms. The lowest BCUT2D eigenvalue weighted by Crippen LogP contribution is -2.64. The van der Waals surface area contributed by atoms with Crippen molar-refractivity contribution in [3.8, 4) is 0 Å². The molecular formula is C15H24N2O. The summed E-state index contributed by atoms with van der Waals surface area (Å²) >= 11 is 0. The minimum Gasteiger partial charge on any atom is -0.394 e. The number of nitrogens with zero attached hydrogens (tertiary/aromatic N) is 1. The van der Waals surface area contributed by atoms with E-state index in [0.717, 1.165) is 19.5 Å². The van der Waals surface area contributed by atoms with Crippen LogP contribution in [0.2, 0.25) is 0 Å². The summed E-state index contributed by atoms with van der Waals surface area (Å²) in [6.45, 7) is 8.58. The van der Waals surface area contributed by atoms with Crippen LogP contribution >= 0.6 is 0 Å².